The number of carbonyl (C=O) groups is 1. The lowest BCUT2D eigenvalue weighted by Crippen LogP contribution is -2.47. The molecule has 3 rings (SSSR count). The van der Waals surface area contributed by atoms with E-state index in [4.69, 9.17) is 4.74 Å². The zero-order valence-electron chi connectivity index (χ0n) is 17.7. The summed E-state index contributed by atoms with van der Waals surface area (Å²) in [5.74, 6) is -0.248. The summed E-state index contributed by atoms with van der Waals surface area (Å²) in [5.41, 5.74) is 1.47. The van der Waals surface area contributed by atoms with E-state index in [-0.39, 0.29) is 28.4 Å². The molecule has 1 N–H and O–H groups in total. The van der Waals surface area contributed by atoms with E-state index in [1.54, 1.807) is 58.0 Å². The van der Waals surface area contributed by atoms with Gasteiger partial charge >= 0.3 is 6.09 Å². The molecule has 2 aromatic rings. The lowest BCUT2D eigenvalue weighted by molar-refractivity contribution is 0.0459. The maximum atomic E-state index is 13.8. The van der Waals surface area contributed by atoms with Crippen molar-refractivity contribution in [2.45, 2.75) is 57.1 Å². The molecular weight excluding hydrogens is 405 g/mol. The highest BCUT2D eigenvalue weighted by atomic mass is 32.2. The monoisotopic (exact) mass is 433 g/mol. The molecule has 30 heavy (non-hydrogen) atoms. The van der Waals surface area contributed by atoms with Crippen LogP contribution in [0, 0.1) is 18.7 Å². The Balaban J connectivity index is 1.56. The van der Waals surface area contributed by atoms with Gasteiger partial charge < -0.3 is 10.1 Å². The van der Waals surface area contributed by atoms with Gasteiger partial charge in [-0.2, -0.15) is 0 Å². The number of halogens is 1. The van der Waals surface area contributed by atoms with Crippen molar-refractivity contribution in [2.75, 3.05) is 5.75 Å². The minimum Gasteiger partial charge on any atom is -0.444 e. The molecule has 1 fully saturated rings. The van der Waals surface area contributed by atoms with Crippen molar-refractivity contribution in [1.82, 2.24) is 5.32 Å². The molecule has 1 aliphatic carbocycles. The second-order valence-corrected chi connectivity index (χ2v) is 11.0. The van der Waals surface area contributed by atoms with Crippen molar-refractivity contribution in [3.05, 3.63) is 53.8 Å². The highest BCUT2D eigenvalue weighted by Crippen LogP contribution is 2.31. The molecule has 1 aliphatic rings. The summed E-state index contributed by atoms with van der Waals surface area (Å²) in [5, 5.41) is 2.78. The molecule has 0 radical (unpaired) electrons. The van der Waals surface area contributed by atoms with Gasteiger partial charge in [0.1, 0.15) is 11.4 Å². The van der Waals surface area contributed by atoms with Gasteiger partial charge in [-0.1, -0.05) is 24.3 Å². The molecular formula is C23H28FNO4S. The van der Waals surface area contributed by atoms with Crippen LogP contribution in [-0.4, -0.2) is 31.9 Å². The van der Waals surface area contributed by atoms with Crippen molar-refractivity contribution in [3.63, 3.8) is 0 Å². The number of rotatable bonds is 5. The van der Waals surface area contributed by atoms with E-state index in [2.05, 4.69) is 5.32 Å². The predicted molar refractivity (Wildman–Crippen MR) is 115 cm³/mol. The normalized spacial score (nSPS) is 19.1. The van der Waals surface area contributed by atoms with Gasteiger partial charge in [-0.15, -0.1) is 0 Å². The lowest BCUT2D eigenvalue weighted by atomic mass is 9.82. The smallest absolute Gasteiger partial charge is 0.407 e. The van der Waals surface area contributed by atoms with Crippen molar-refractivity contribution in [1.29, 1.82) is 0 Å². The van der Waals surface area contributed by atoms with Gasteiger partial charge in [0.25, 0.3) is 0 Å². The largest absolute Gasteiger partial charge is 0.444 e. The third-order valence-electron chi connectivity index (χ3n) is 5.13. The number of aryl methyl sites for hydroxylation is 1. The topological polar surface area (TPSA) is 72.5 Å². The highest BCUT2D eigenvalue weighted by Gasteiger charge is 2.35. The number of amides is 1. The Morgan fingerprint density at radius 2 is 1.70 bits per heavy atom. The van der Waals surface area contributed by atoms with Crippen LogP contribution in [-0.2, 0) is 14.6 Å². The first kappa shape index (κ1) is 22.3. The van der Waals surface area contributed by atoms with Gasteiger partial charge in [-0.3, -0.25) is 0 Å². The third kappa shape index (κ3) is 5.59. The molecule has 1 saturated carbocycles. The summed E-state index contributed by atoms with van der Waals surface area (Å²) < 4.78 is 44.5. The van der Waals surface area contributed by atoms with Gasteiger partial charge in [0.2, 0.25) is 0 Å². The van der Waals surface area contributed by atoms with Crippen LogP contribution in [0.15, 0.2) is 47.4 Å². The molecule has 0 saturated heterocycles. The summed E-state index contributed by atoms with van der Waals surface area (Å²) in [6.45, 7) is 7.08. The molecule has 0 bridgehead atoms. The Hall–Kier alpha value is -2.41. The molecule has 1 amide bonds. The molecule has 5 nitrogen and oxygen atoms in total. The first-order valence-corrected chi connectivity index (χ1v) is 11.7. The van der Waals surface area contributed by atoms with E-state index in [9.17, 15) is 17.6 Å². The van der Waals surface area contributed by atoms with Gasteiger partial charge in [0, 0.05) is 6.04 Å². The van der Waals surface area contributed by atoms with Crippen LogP contribution in [0.4, 0.5) is 9.18 Å². The minimum atomic E-state index is -3.43. The minimum absolute atomic E-state index is 0.000748. The van der Waals surface area contributed by atoms with Crippen LogP contribution in [0.25, 0.3) is 11.1 Å². The van der Waals surface area contributed by atoms with Crippen LogP contribution < -0.4 is 5.32 Å². The maximum absolute atomic E-state index is 13.8. The standard InChI is InChI=1S/C23H28FNO4S/c1-15-5-6-18(13-21(15)24)17-7-9-20(10-8-17)30(27,28)14-16-11-19(12-16)25-22(26)29-23(2,3)4/h5-10,13,16,19H,11-12,14H2,1-4H3,(H,25,26). The zero-order chi connectivity index (χ0) is 22.1. The Morgan fingerprint density at radius 1 is 1.10 bits per heavy atom. The van der Waals surface area contributed by atoms with E-state index >= 15 is 0 Å². The molecule has 0 aromatic heterocycles. The average Bonchev–Trinajstić information content (AvgIpc) is 2.60. The molecule has 0 aliphatic heterocycles. The van der Waals surface area contributed by atoms with E-state index in [0.29, 0.717) is 24.0 Å². The van der Waals surface area contributed by atoms with E-state index in [0.717, 1.165) is 5.56 Å². The Labute approximate surface area is 177 Å². The number of carbonyl (C=O) groups excluding carboxylic acids is 1. The molecule has 0 heterocycles. The molecule has 162 valence electrons. The van der Waals surface area contributed by atoms with Crippen LogP contribution in [0.1, 0.15) is 39.2 Å². The highest BCUT2D eigenvalue weighted by molar-refractivity contribution is 7.91. The third-order valence-corrected chi connectivity index (χ3v) is 7.03. The number of sulfone groups is 1. The fourth-order valence-electron chi connectivity index (χ4n) is 3.50. The number of benzene rings is 2. The van der Waals surface area contributed by atoms with E-state index < -0.39 is 21.5 Å². The van der Waals surface area contributed by atoms with E-state index in [1.807, 2.05) is 6.07 Å². The van der Waals surface area contributed by atoms with Crippen molar-refractivity contribution in [3.8, 4) is 11.1 Å². The second-order valence-electron chi connectivity index (χ2n) is 8.95. The summed E-state index contributed by atoms with van der Waals surface area (Å²) in [7, 11) is -3.43. The molecule has 0 spiro atoms. The first-order valence-electron chi connectivity index (χ1n) is 10.0. The number of hydrogen-bond donors (Lipinski definition) is 1. The number of nitrogens with one attached hydrogen (secondary N) is 1. The second kappa shape index (κ2) is 8.38. The molecule has 7 heteroatoms. The molecule has 0 atom stereocenters. The number of alkyl carbamates (subject to hydrolysis) is 1. The van der Waals surface area contributed by atoms with Crippen molar-refractivity contribution < 1.29 is 22.3 Å². The van der Waals surface area contributed by atoms with Crippen LogP contribution >= 0.6 is 0 Å². The SMILES string of the molecule is Cc1ccc(-c2ccc(S(=O)(=O)CC3CC(NC(=O)OC(C)(C)C)C3)cc2)cc1F. The van der Waals surface area contributed by atoms with E-state index in [1.165, 1.54) is 6.07 Å². The van der Waals surface area contributed by atoms with Crippen LogP contribution in [0.2, 0.25) is 0 Å². The number of hydrogen-bond acceptors (Lipinski definition) is 4. The summed E-state index contributed by atoms with van der Waals surface area (Å²) in [6.07, 6.45) is 0.746. The predicted octanol–water partition coefficient (Wildman–Crippen LogP) is 4.88. The van der Waals surface area contributed by atoms with Gasteiger partial charge in [-0.05, 0) is 81.3 Å². The lowest BCUT2D eigenvalue weighted by Gasteiger charge is -2.36. The van der Waals surface area contributed by atoms with Crippen LogP contribution in [0.3, 0.4) is 0 Å². The quantitative estimate of drug-likeness (QED) is 0.730. The average molecular weight is 434 g/mol. The summed E-state index contributed by atoms with van der Waals surface area (Å²) >= 11 is 0. The van der Waals surface area contributed by atoms with Crippen molar-refractivity contribution >= 4 is 15.9 Å². The van der Waals surface area contributed by atoms with Gasteiger partial charge in [0.05, 0.1) is 10.6 Å². The molecule has 0 unspecified atom stereocenters. The van der Waals surface area contributed by atoms with Crippen LogP contribution in [0.5, 0.6) is 0 Å². The van der Waals surface area contributed by atoms with Gasteiger partial charge in [-0.25, -0.2) is 17.6 Å². The Bertz CT molecular complexity index is 1020. The molecule has 2 aromatic carbocycles. The maximum Gasteiger partial charge on any atom is 0.407 e. The Morgan fingerprint density at radius 3 is 2.27 bits per heavy atom. The first-order chi connectivity index (χ1) is 13.9. The fourth-order valence-corrected chi connectivity index (χ4v) is 5.13. The Kier molecular flexibility index (Phi) is 6.22. The van der Waals surface area contributed by atoms with Gasteiger partial charge in [0.15, 0.2) is 9.84 Å². The fraction of sp³-hybridized carbons (Fsp3) is 0.435. The van der Waals surface area contributed by atoms with Crippen molar-refractivity contribution in [2.24, 2.45) is 5.92 Å². The zero-order valence-corrected chi connectivity index (χ0v) is 18.6. The number of ether oxygens (including phenoxy) is 1. The summed E-state index contributed by atoms with van der Waals surface area (Å²) in [6, 6.07) is 11.4. The summed E-state index contributed by atoms with van der Waals surface area (Å²) in [4.78, 5) is 12.0.